The second-order valence-electron chi connectivity index (χ2n) is 5.47. The Morgan fingerprint density at radius 1 is 1.10 bits per heavy atom. The molecule has 0 spiro atoms. The summed E-state index contributed by atoms with van der Waals surface area (Å²) in [5, 5.41) is 9.06. The largest absolute Gasteiger partial charge is 0.490 e. The Morgan fingerprint density at radius 3 is 2.67 bits per heavy atom. The van der Waals surface area contributed by atoms with Crippen molar-refractivity contribution in [3.8, 4) is 22.9 Å². The fourth-order valence-electron chi connectivity index (χ4n) is 2.82. The minimum absolute atomic E-state index is 0.298. The van der Waals surface area contributed by atoms with Gasteiger partial charge in [-0.25, -0.2) is 0 Å². The third-order valence-corrected chi connectivity index (χ3v) is 3.90. The number of benzene rings is 2. The molecule has 2 N–H and O–H groups in total. The molecule has 0 amide bonds. The maximum Gasteiger partial charge on any atom is 0.127 e. The molecule has 0 bridgehead atoms. The van der Waals surface area contributed by atoms with Crippen LogP contribution in [0.15, 0.2) is 42.5 Å². The summed E-state index contributed by atoms with van der Waals surface area (Å²) < 4.78 is 6.15. The Kier molecular flexibility index (Phi) is 3.79. The smallest absolute Gasteiger partial charge is 0.127 e. The SMILES string of the molecule is N#Cc1cccc(-c2cc(N)ccc2OC2CCCC2)c1. The number of hydrogen-bond donors (Lipinski definition) is 1. The van der Waals surface area contributed by atoms with Crippen LogP contribution in [0.3, 0.4) is 0 Å². The van der Waals surface area contributed by atoms with Gasteiger partial charge in [0.1, 0.15) is 5.75 Å². The molecule has 0 heterocycles. The predicted molar refractivity (Wildman–Crippen MR) is 83.9 cm³/mol. The molecule has 2 aromatic rings. The van der Waals surface area contributed by atoms with E-state index < -0.39 is 0 Å². The van der Waals surface area contributed by atoms with Gasteiger partial charge >= 0.3 is 0 Å². The third-order valence-electron chi connectivity index (χ3n) is 3.90. The van der Waals surface area contributed by atoms with Gasteiger partial charge in [0.05, 0.1) is 17.7 Å². The van der Waals surface area contributed by atoms with Crippen molar-refractivity contribution < 1.29 is 4.74 Å². The first-order valence-electron chi connectivity index (χ1n) is 7.33. The topological polar surface area (TPSA) is 59.0 Å². The normalized spacial score (nSPS) is 14.8. The summed E-state index contributed by atoms with van der Waals surface area (Å²) >= 11 is 0. The van der Waals surface area contributed by atoms with Gasteiger partial charge in [-0.3, -0.25) is 0 Å². The van der Waals surface area contributed by atoms with E-state index in [1.54, 1.807) is 6.07 Å². The van der Waals surface area contributed by atoms with E-state index in [0.29, 0.717) is 17.4 Å². The van der Waals surface area contributed by atoms with Gasteiger partial charge in [0.2, 0.25) is 0 Å². The molecule has 0 saturated heterocycles. The van der Waals surface area contributed by atoms with Crippen LogP contribution in [0.1, 0.15) is 31.2 Å². The average molecular weight is 278 g/mol. The Morgan fingerprint density at radius 2 is 1.90 bits per heavy atom. The first-order valence-corrected chi connectivity index (χ1v) is 7.33. The van der Waals surface area contributed by atoms with Gasteiger partial charge in [-0.2, -0.15) is 5.26 Å². The predicted octanol–water partition coefficient (Wildman–Crippen LogP) is 4.13. The number of hydrogen-bond acceptors (Lipinski definition) is 3. The highest BCUT2D eigenvalue weighted by atomic mass is 16.5. The molecule has 0 atom stereocenters. The second-order valence-corrected chi connectivity index (χ2v) is 5.47. The van der Waals surface area contributed by atoms with E-state index in [1.807, 2.05) is 36.4 Å². The molecule has 1 aliphatic rings. The first-order chi connectivity index (χ1) is 10.3. The minimum atomic E-state index is 0.298. The summed E-state index contributed by atoms with van der Waals surface area (Å²) in [5.74, 6) is 0.853. The summed E-state index contributed by atoms with van der Waals surface area (Å²) in [6, 6.07) is 15.4. The van der Waals surface area contributed by atoms with E-state index in [2.05, 4.69) is 6.07 Å². The fraction of sp³-hybridized carbons (Fsp3) is 0.278. The molecule has 0 aromatic heterocycles. The monoisotopic (exact) mass is 278 g/mol. The van der Waals surface area contributed by atoms with Crippen molar-refractivity contribution in [3.05, 3.63) is 48.0 Å². The third kappa shape index (κ3) is 3.00. The van der Waals surface area contributed by atoms with Crippen LogP contribution in [-0.2, 0) is 0 Å². The van der Waals surface area contributed by atoms with Crippen LogP contribution in [0.5, 0.6) is 5.75 Å². The second kappa shape index (κ2) is 5.88. The Bertz CT molecular complexity index is 682. The lowest BCUT2D eigenvalue weighted by Crippen LogP contribution is -2.11. The van der Waals surface area contributed by atoms with Gasteiger partial charge in [-0.05, 0) is 61.6 Å². The minimum Gasteiger partial charge on any atom is -0.490 e. The summed E-state index contributed by atoms with van der Waals surface area (Å²) in [7, 11) is 0. The van der Waals surface area contributed by atoms with Crippen molar-refractivity contribution in [2.75, 3.05) is 5.73 Å². The van der Waals surface area contributed by atoms with Crippen molar-refractivity contribution in [2.24, 2.45) is 0 Å². The molecule has 3 heteroatoms. The summed E-state index contributed by atoms with van der Waals surface area (Å²) in [6.07, 6.45) is 4.99. The van der Waals surface area contributed by atoms with Gasteiger partial charge in [0.15, 0.2) is 0 Å². The quantitative estimate of drug-likeness (QED) is 0.859. The lowest BCUT2D eigenvalue weighted by molar-refractivity contribution is 0.211. The van der Waals surface area contributed by atoms with E-state index in [0.717, 1.165) is 29.7 Å². The van der Waals surface area contributed by atoms with Crippen LogP contribution < -0.4 is 10.5 Å². The molecule has 106 valence electrons. The molecule has 1 saturated carbocycles. The first kappa shape index (κ1) is 13.5. The number of nitrogen functional groups attached to an aromatic ring is 1. The average Bonchev–Trinajstić information content (AvgIpc) is 3.02. The molecule has 0 aliphatic heterocycles. The van der Waals surface area contributed by atoms with Gasteiger partial charge in [0, 0.05) is 11.3 Å². The maximum absolute atomic E-state index is 9.06. The van der Waals surface area contributed by atoms with Gasteiger partial charge in [-0.15, -0.1) is 0 Å². The van der Waals surface area contributed by atoms with E-state index in [1.165, 1.54) is 12.8 Å². The molecule has 21 heavy (non-hydrogen) atoms. The number of anilines is 1. The Balaban J connectivity index is 1.99. The lowest BCUT2D eigenvalue weighted by Gasteiger charge is -2.17. The van der Waals surface area contributed by atoms with Crippen LogP contribution >= 0.6 is 0 Å². The molecule has 0 radical (unpaired) electrons. The lowest BCUT2D eigenvalue weighted by atomic mass is 10.0. The standard InChI is InChI=1S/C18H18N2O/c19-12-13-4-3-5-14(10-13)17-11-15(20)8-9-18(17)21-16-6-1-2-7-16/h3-5,8-11,16H,1-2,6-7,20H2. The number of nitrogens with zero attached hydrogens (tertiary/aromatic N) is 1. The number of ether oxygens (including phenoxy) is 1. The summed E-state index contributed by atoms with van der Waals surface area (Å²) in [5.41, 5.74) is 9.19. The van der Waals surface area contributed by atoms with Crippen LogP contribution in [0.25, 0.3) is 11.1 Å². The number of rotatable bonds is 3. The molecule has 3 nitrogen and oxygen atoms in total. The van der Waals surface area contributed by atoms with E-state index >= 15 is 0 Å². The van der Waals surface area contributed by atoms with Crippen LogP contribution in [-0.4, -0.2) is 6.10 Å². The van der Waals surface area contributed by atoms with E-state index in [4.69, 9.17) is 15.7 Å². The zero-order chi connectivity index (χ0) is 14.7. The zero-order valence-electron chi connectivity index (χ0n) is 11.9. The van der Waals surface area contributed by atoms with Crippen molar-refractivity contribution in [3.63, 3.8) is 0 Å². The molecule has 2 aromatic carbocycles. The molecule has 1 fully saturated rings. The van der Waals surface area contributed by atoms with Gasteiger partial charge in [0.25, 0.3) is 0 Å². The van der Waals surface area contributed by atoms with Gasteiger partial charge < -0.3 is 10.5 Å². The van der Waals surface area contributed by atoms with E-state index in [9.17, 15) is 0 Å². The summed E-state index contributed by atoms with van der Waals surface area (Å²) in [4.78, 5) is 0. The van der Waals surface area contributed by atoms with Crippen molar-refractivity contribution in [2.45, 2.75) is 31.8 Å². The molecule has 0 unspecified atom stereocenters. The molecule has 1 aliphatic carbocycles. The highest BCUT2D eigenvalue weighted by molar-refractivity contribution is 5.74. The van der Waals surface area contributed by atoms with Crippen molar-refractivity contribution in [1.29, 1.82) is 5.26 Å². The maximum atomic E-state index is 9.06. The number of nitrogens with two attached hydrogens (primary N) is 1. The molecule has 3 rings (SSSR count). The van der Waals surface area contributed by atoms with Crippen molar-refractivity contribution >= 4 is 5.69 Å². The highest BCUT2D eigenvalue weighted by Gasteiger charge is 2.18. The number of nitriles is 1. The Hall–Kier alpha value is -2.47. The van der Waals surface area contributed by atoms with Crippen molar-refractivity contribution in [1.82, 2.24) is 0 Å². The van der Waals surface area contributed by atoms with Gasteiger partial charge in [-0.1, -0.05) is 12.1 Å². The van der Waals surface area contributed by atoms with Crippen LogP contribution in [0, 0.1) is 11.3 Å². The summed E-state index contributed by atoms with van der Waals surface area (Å²) in [6.45, 7) is 0. The van der Waals surface area contributed by atoms with E-state index in [-0.39, 0.29) is 0 Å². The van der Waals surface area contributed by atoms with Crippen LogP contribution in [0.4, 0.5) is 5.69 Å². The fourth-order valence-corrected chi connectivity index (χ4v) is 2.82. The molecular formula is C18H18N2O. The Labute approximate surface area is 125 Å². The zero-order valence-corrected chi connectivity index (χ0v) is 11.9. The van der Waals surface area contributed by atoms with Crippen LogP contribution in [0.2, 0.25) is 0 Å². The highest BCUT2D eigenvalue weighted by Crippen LogP contribution is 2.35. The molecular weight excluding hydrogens is 260 g/mol.